The maximum Gasteiger partial charge on any atom is 0.308 e. The lowest BCUT2D eigenvalue weighted by molar-refractivity contribution is -0.150. The summed E-state index contributed by atoms with van der Waals surface area (Å²) in [7, 11) is 0. The number of hydrogen-bond donors (Lipinski definition) is 0. The summed E-state index contributed by atoms with van der Waals surface area (Å²) in [5.41, 5.74) is 1.95. The van der Waals surface area contributed by atoms with E-state index in [0.717, 1.165) is 16.3 Å². The fraction of sp³-hybridized carbons (Fsp3) is 0.375. The molecule has 126 valence electrons. The standard InChI is InChI=1S/C16H18N4O3S/c1-10-9-11(2)20(19-10)7-6-14(21)22-12(3)15-17-18-16(23-15)13-5-4-8-24-13/h4-5,8-9,12H,6-7H2,1-3H3. The second-order valence-electron chi connectivity index (χ2n) is 5.46. The lowest BCUT2D eigenvalue weighted by Crippen LogP contribution is -2.13. The summed E-state index contributed by atoms with van der Waals surface area (Å²) in [6.45, 7) is 6.07. The van der Waals surface area contributed by atoms with Gasteiger partial charge in [-0.15, -0.1) is 21.5 Å². The van der Waals surface area contributed by atoms with E-state index in [0.29, 0.717) is 12.4 Å². The molecule has 0 radical (unpaired) electrons. The third kappa shape index (κ3) is 3.70. The number of hydrogen-bond acceptors (Lipinski definition) is 7. The number of thiophene rings is 1. The van der Waals surface area contributed by atoms with Gasteiger partial charge >= 0.3 is 5.97 Å². The number of rotatable bonds is 6. The molecule has 3 aromatic rings. The van der Waals surface area contributed by atoms with Gasteiger partial charge in [0.1, 0.15) is 0 Å². The van der Waals surface area contributed by atoms with Crippen LogP contribution in [0, 0.1) is 13.8 Å². The quantitative estimate of drug-likeness (QED) is 0.637. The Morgan fingerprint density at radius 1 is 1.42 bits per heavy atom. The van der Waals surface area contributed by atoms with Gasteiger partial charge in [-0.05, 0) is 38.3 Å². The van der Waals surface area contributed by atoms with Gasteiger partial charge in [0, 0.05) is 5.69 Å². The summed E-state index contributed by atoms with van der Waals surface area (Å²) >= 11 is 1.51. The van der Waals surface area contributed by atoms with Crippen LogP contribution >= 0.6 is 11.3 Å². The third-order valence-corrected chi connectivity index (χ3v) is 4.32. The molecule has 1 unspecified atom stereocenters. The molecule has 0 saturated carbocycles. The maximum atomic E-state index is 12.0. The predicted octanol–water partition coefficient (Wildman–Crippen LogP) is 3.31. The normalized spacial score (nSPS) is 12.3. The van der Waals surface area contributed by atoms with Gasteiger partial charge in [-0.1, -0.05) is 6.07 Å². The lowest BCUT2D eigenvalue weighted by Gasteiger charge is -2.09. The first-order valence-electron chi connectivity index (χ1n) is 7.60. The van der Waals surface area contributed by atoms with Crippen molar-refractivity contribution in [1.82, 2.24) is 20.0 Å². The van der Waals surface area contributed by atoms with Gasteiger partial charge in [0.25, 0.3) is 11.8 Å². The van der Waals surface area contributed by atoms with Crippen molar-refractivity contribution in [1.29, 1.82) is 0 Å². The van der Waals surface area contributed by atoms with Gasteiger partial charge in [-0.25, -0.2) is 0 Å². The highest BCUT2D eigenvalue weighted by atomic mass is 32.1. The van der Waals surface area contributed by atoms with Crippen LogP contribution in [0.2, 0.25) is 0 Å². The number of aromatic nitrogens is 4. The van der Waals surface area contributed by atoms with Crippen molar-refractivity contribution in [2.45, 2.75) is 39.8 Å². The Hall–Kier alpha value is -2.48. The Kier molecular flexibility index (Phi) is 4.75. The van der Waals surface area contributed by atoms with E-state index < -0.39 is 6.10 Å². The smallest absolute Gasteiger partial charge is 0.308 e. The summed E-state index contributed by atoms with van der Waals surface area (Å²) < 4.78 is 12.7. The van der Waals surface area contributed by atoms with Crippen LogP contribution in [0.4, 0.5) is 0 Å². The van der Waals surface area contributed by atoms with Crippen molar-refractivity contribution in [3.8, 4) is 10.8 Å². The van der Waals surface area contributed by atoms with Crippen LogP contribution < -0.4 is 0 Å². The molecule has 0 fully saturated rings. The zero-order chi connectivity index (χ0) is 17.1. The molecular weight excluding hydrogens is 328 g/mol. The number of carbonyl (C=O) groups excluding carboxylic acids is 1. The van der Waals surface area contributed by atoms with Gasteiger partial charge in [-0.3, -0.25) is 9.48 Å². The van der Waals surface area contributed by atoms with Crippen molar-refractivity contribution >= 4 is 17.3 Å². The van der Waals surface area contributed by atoms with Crippen LogP contribution in [0.15, 0.2) is 28.0 Å². The molecule has 0 bridgehead atoms. The molecule has 3 aromatic heterocycles. The van der Waals surface area contributed by atoms with E-state index in [-0.39, 0.29) is 18.3 Å². The Morgan fingerprint density at radius 3 is 2.92 bits per heavy atom. The summed E-state index contributed by atoms with van der Waals surface area (Å²) in [6.07, 6.45) is -0.350. The molecule has 3 heterocycles. The highest BCUT2D eigenvalue weighted by Gasteiger charge is 2.19. The second kappa shape index (κ2) is 6.96. The molecule has 3 rings (SSSR count). The average molecular weight is 346 g/mol. The molecule has 0 amide bonds. The van der Waals surface area contributed by atoms with Crippen molar-refractivity contribution in [3.05, 3.63) is 40.9 Å². The van der Waals surface area contributed by atoms with E-state index in [1.807, 2.05) is 37.4 Å². The summed E-state index contributed by atoms with van der Waals surface area (Å²) in [6, 6.07) is 5.78. The Balaban J connectivity index is 1.55. The molecule has 1 atom stereocenters. The third-order valence-electron chi connectivity index (χ3n) is 3.46. The van der Waals surface area contributed by atoms with Gasteiger partial charge < -0.3 is 9.15 Å². The Morgan fingerprint density at radius 2 is 2.25 bits per heavy atom. The number of carbonyl (C=O) groups is 1. The van der Waals surface area contributed by atoms with E-state index in [1.165, 1.54) is 11.3 Å². The minimum absolute atomic E-state index is 0.234. The largest absolute Gasteiger partial charge is 0.453 e. The summed E-state index contributed by atoms with van der Waals surface area (Å²) in [5.74, 6) is 0.398. The molecule has 0 spiro atoms. The van der Waals surface area contributed by atoms with E-state index in [4.69, 9.17) is 9.15 Å². The van der Waals surface area contributed by atoms with E-state index in [1.54, 1.807) is 11.6 Å². The second-order valence-corrected chi connectivity index (χ2v) is 6.40. The van der Waals surface area contributed by atoms with Gasteiger partial charge in [0.15, 0.2) is 6.10 Å². The number of esters is 1. The molecule has 0 N–H and O–H groups in total. The minimum atomic E-state index is -0.584. The summed E-state index contributed by atoms with van der Waals surface area (Å²) in [5, 5.41) is 14.2. The molecule has 0 aromatic carbocycles. The fourth-order valence-corrected chi connectivity index (χ4v) is 2.95. The predicted molar refractivity (Wildman–Crippen MR) is 88.4 cm³/mol. The minimum Gasteiger partial charge on any atom is -0.453 e. The van der Waals surface area contributed by atoms with E-state index >= 15 is 0 Å². The number of ether oxygens (including phenoxy) is 1. The highest BCUT2D eigenvalue weighted by molar-refractivity contribution is 7.13. The molecule has 7 nitrogen and oxygen atoms in total. The van der Waals surface area contributed by atoms with Crippen LogP contribution in [0.3, 0.4) is 0 Å². The zero-order valence-corrected chi connectivity index (χ0v) is 14.5. The first kappa shape index (κ1) is 16.4. The highest BCUT2D eigenvalue weighted by Crippen LogP contribution is 2.25. The van der Waals surface area contributed by atoms with Gasteiger partial charge in [-0.2, -0.15) is 5.10 Å². The summed E-state index contributed by atoms with van der Waals surface area (Å²) in [4.78, 5) is 12.9. The molecule has 0 aliphatic carbocycles. The van der Waals surface area contributed by atoms with E-state index in [9.17, 15) is 4.79 Å². The zero-order valence-electron chi connectivity index (χ0n) is 13.7. The Labute approximate surface area is 143 Å². The van der Waals surface area contributed by atoms with E-state index in [2.05, 4.69) is 15.3 Å². The SMILES string of the molecule is Cc1cc(C)n(CCC(=O)OC(C)c2nnc(-c3cccs3)o2)n1. The van der Waals surface area contributed by atoms with Crippen LogP contribution in [0.1, 0.15) is 36.7 Å². The first-order chi connectivity index (χ1) is 11.5. The van der Waals surface area contributed by atoms with Crippen LogP contribution in [-0.2, 0) is 16.1 Å². The topological polar surface area (TPSA) is 83.0 Å². The number of nitrogens with zero attached hydrogens (tertiary/aromatic N) is 4. The molecule has 24 heavy (non-hydrogen) atoms. The lowest BCUT2D eigenvalue weighted by atomic mass is 10.3. The van der Waals surface area contributed by atoms with Gasteiger partial charge in [0.05, 0.1) is 23.5 Å². The molecule has 0 aliphatic heterocycles. The maximum absolute atomic E-state index is 12.0. The average Bonchev–Trinajstić information content (AvgIpc) is 3.25. The molecular formula is C16H18N4O3S. The number of aryl methyl sites for hydroxylation is 3. The molecule has 8 heteroatoms. The van der Waals surface area contributed by atoms with Crippen LogP contribution in [-0.4, -0.2) is 25.9 Å². The fourth-order valence-electron chi connectivity index (χ4n) is 2.30. The van der Waals surface area contributed by atoms with Gasteiger partial charge in [0.2, 0.25) is 0 Å². The van der Waals surface area contributed by atoms with Crippen molar-refractivity contribution in [2.24, 2.45) is 0 Å². The molecule has 0 saturated heterocycles. The molecule has 0 aliphatic rings. The van der Waals surface area contributed by atoms with Crippen molar-refractivity contribution < 1.29 is 13.9 Å². The van der Waals surface area contributed by atoms with Crippen LogP contribution in [0.25, 0.3) is 10.8 Å². The van der Waals surface area contributed by atoms with Crippen molar-refractivity contribution in [3.63, 3.8) is 0 Å². The Bertz CT molecular complexity index is 822. The van der Waals surface area contributed by atoms with Crippen LogP contribution in [0.5, 0.6) is 0 Å². The first-order valence-corrected chi connectivity index (χ1v) is 8.48. The monoisotopic (exact) mass is 346 g/mol. The van der Waals surface area contributed by atoms with Crippen molar-refractivity contribution in [2.75, 3.05) is 0 Å².